The molecule has 1 aliphatic rings. The Kier molecular flexibility index (Phi) is 4.92. The second-order valence-corrected chi connectivity index (χ2v) is 5.26. The SMILES string of the molecule is CC(C)CCOc1ccc(/C=N\N2CC(=O)NC2=O)cc1. The highest BCUT2D eigenvalue weighted by molar-refractivity contribution is 6.02. The van der Waals surface area contributed by atoms with Crippen LogP contribution in [0, 0.1) is 5.92 Å². The van der Waals surface area contributed by atoms with Crippen molar-refractivity contribution >= 4 is 18.2 Å². The Balaban J connectivity index is 1.87. The third kappa shape index (κ3) is 4.59. The van der Waals surface area contributed by atoms with Crippen LogP contribution in [0.1, 0.15) is 25.8 Å². The number of carbonyl (C=O) groups excluding carboxylic acids is 2. The molecule has 21 heavy (non-hydrogen) atoms. The molecular weight excluding hydrogens is 270 g/mol. The fraction of sp³-hybridized carbons (Fsp3) is 0.400. The lowest BCUT2D eigenvalue weighted by atomic mass is 10.1. The number of benzene rings is 1. The number of amides is 3. The van der Waals surface area contributed by atoms with Crippen LogP contribution in [0.3, 0.4) is 0 Å². The zero-order valence-electron chi connectivity index (χ0n) is 12.2. The summed E-state index contributed by atoms with van der Waals surface area (Å²) in [6.07, 6.45) is 2.55. The van der Waals surface area contributed by atoms with Crippen LogP contribution in [-0.2, 0) is 4.79 Å². The average molecular weight is 289 g/mol. The quantitative estimate of drug-likeness (QED) is 0.643. The van der Waals surface area contributed by atoms with Crippen molar-refractivity contribution in [1.29, 1.82) is 0 Å². The van der Waals surface area contributed by atoms with Gasteiger partial charge in [0.2, 0.25) is 5.91 Å². The number of carbonyl (C=O) groups is 2. The second kappa shape index (κ2) is 6.88. The van der Waals surface area contributed by atoms with Gasteiger partial charge in [-0.1, -0.05) is 13.8 Å². The lowest BCUT2D eigenvalue weighted by Gasteiger charge is -2.08. The first kappa shape index (κ1) is 15.0. The highest BCUT2D eigenvalue weighted by Gasteiger charge is 2.25. The molecule has 1 heterocycles. The summed E-state index contributed by atoms with van der Waals surface area (Å²) in [5, 5.41) is 7.23. The highest BCUT2D eigenvalue weighted by atomic mass is 16.5. The van der Waals surface area contributed by atoms with Gasteiger partial charge in [-0.3, -0.25) is 10.1 Å². The molecule has 2 rings (SSSR count). The van der Waals surface area contributed by atoms with Crippen LogP contribution >= 0.6 is 0 Å². The number of urea groups is 1. The summed E-state index contributed by atoms with van der Waals surface area (Å²) in [6, 6.07) is 6.92. The van der Waals surface area contributed by atoms with Crippen molar-refractivity contribution in [2.45, 2.75) is 20.3 Å². The molecule has 1 aromatic carbocycles. The van der Waals surface area contributed by atoms with Crippen LogP contribution in [-0.4, -0.2) is 36.3 Å². The zero-order chi connectivity index (χ0) is 15.2. The standard InChI is InChI=1S/C15H19N3O3/c1-11(2)7-8-21-13-5-3-12(4-6-13)9-16-18-10-14(19)17-15(18)20/h3-6,9,11H,7-8,10H2,1-2H3,(H,17,19,20)/b16-9-. The van der Waals surface area contributed by atoms with Crippen molar-refractivity contribution in [2.75, 3.05) is 13.2 Å². The second-order valence-electron chi connectivity index (χ2n) is 5.26. The number of ether oxygens (including phenoxy) is 1. The molecule has 0 aliphatic carbocycles. The molecule has 6 nitrogen and oxygen atoms in total. The van der Waals surface area contributed by atoms with Crippen LogP contribution in [0.4, 0.5) is 4.79 Å². The number of imide groups is 1. The molecule has 0 saturated carbocycles. The lowest BCUT2D eigenvalue weighted by molar-refractivity contribution is -0.118. The number of nitrogens with zero attached hydrogens (tertiary/aromatic N) is 2. The molecule has 1 fully saturated rings. The number of hydrogen-bond acceptors (Lipinski definition) is 4. The third-order valence-electron chi connectivity index (χ3n) is 2.96. The van der Waals surface area contributed by atoms with Gasteiger partial charge < -0.3 is 4.74 Å². The van der Waals surface area contributed by atoms with E-state index < -0.39 is 6.03 Å². The van der Waals surface area contributed by atoms with Gasteiger partial charge in [0.1, 0.15) is 12.3 Å². The first-order valence-corrected chi connectivity index (χ1v) is 6.93. The number of nitrogens with one attached hydrogen (secondary N) is 1. The summed E-state index contributed by atoms with van der Waals surface area (Å²) in [5.74, 6) is 1.08. The summed E-state index contributed by atoms with van der Waals surface area (Å²) >= 11 is 0. The molecule has 1 aromatic rings. The molecule has 0 aromatic heterocycles. The Morgan fingerprint density at radius 2 is 2.05 bits per heavy atom. The first-order chi connectivity index (χ1) is 10.0. The Bertz CT molecular complexity index is 538. The Hall–Kier alpha value is -2.37. The molecule has 0 atom stereocenters. The fourth-order valence-electron chi connectivity index (χ4n) is 1.72. The smallest absolute Gasteiger partial charge is 0.344 e. The van der Waals surface area contributed by atoms with E-state index in [1.807, 2.05) is 24.3 Å². The average Bonchev–Trinajstić information content (AvgIpc) is 2.76. The van der Waals surface area contributed by atoms with Gasteiger partial charge in [-0.15, -0.1) is 0 Å². The molecule has 1 saturated heterocycles. The molecule has 0 bridgehead atoms. The van der Waals surface area contributed by atoms with Gasteiger partial charge in [0.15, 0.2) is 0 Å². The Morgan fingerprint density at radius 1 is 1.33 bits per heavy atom. The van der Waals surface area contributed by atoms with E-state index >= 15 is 0 Å². The minimum atomic E-state index is -0.495. The molecular formula is C15H19N3O3. The van der Waals surface area contributed by atoms with Crippen molar-refractivity contribution in [3.63, 3.8) is 0 Å². The summed E-state index contributed by atoms with van der Waals surface area (Å²) in [4.78, 5) is 22.3. The molecule has 3 amide bonds. The van der Waals surface area contributed by atoms with Gasteiger partial charge in [-0.05, 0) is 42.2 Å². The maximum atomic E-state index is 11.3. The third-order valence-corrected chi connectivity index (χ3v) is 2.96. The first-order valence-electron chi connectivity index (χ1n) is 6.93. The fourth-order valence-corrected chi connectivity index (χ4v) is 1.72. The molecule has 112 valence electrons. The van der Waals surface area contributed by atoms with E-state index in [2.05, 4.69) is 24.3 Å². The van der Waals surface area contributed by atoms with Gasteiger partial charge in [-0.2, -0.15) is 5.10 Å². The zero-order valence-corrected chi connectivity index (χ0v) is 12.2. The molecule has 0 radical (unpaired) electrons. The summed E-state index contributed by atoms with van der Waals surface area (Å²) in [5.41, 5.74) is 0.832. The van der Waals surface area contributed by atoms with Gasteiger partial charge in [0.05, 0.1) is 12.8 Å². The van der Waals surface area contributed by atoms with E-state index in [4.69, 9.17) is 4.74 Å². The van der Waals surface area contributed by atoms with Crippen LogP contribution in [0.25, 0.3) is 0 Å². The van der Waals surface area contributed by atoms with E-state index in [9.17, 15) is 9.59 Å². The predicted octanol–water partition coefficient (Wildman–Crippen LogP) is 2.00. The highest BCUT2D eigenvalue weighted by Crippen LogP contribution is 2.12. The van der Waals surface area contributed by atoms with E-state index in [0.717, 1.165) is 22.7 Å². The molecule has 0 spiro atoms. The van der Waals surface area contributed by atoms with Gasteiger partial charge >= 0.3 is 6.03 Å². The van der Waals surface area contributed by atoms with Crippen molar-refractivity contribution in [1.82, 2.24) is 10.3 Å². The normalized spacial score (nSPS) is 15.1. The van der Waals surface area contributed by atoms with Crippen LogP contribution in [0.2, 0.25) is 0 Å². The molecule has 0 unspecified atom stereocenters. The van der Waals surface area contributed by atoms with Gasteiger partial charge in [0, 0.05) is 0 Å². The summed E-state index contributed by atoms with van der Waals surface area (Å²) in [7, 11) is 0. The van der Waals surface area contributed by atoms with Gasteiger partial charge in [-0.25, -0.2) is 9.80 Å². The Morgan fingerprint density at radius 3 is 2.62 bits per heavy atom. The topological polar surface area (TPSA) is 71.0 Å². The molecule has 1 aliphatic heterocycles. The maximum Gasteiger partial charge on any atom is 0.344 e. The summed E-state index contributed by atoms with van der Waals surface area (Å²) in [6.45, 7) is 4.97. The number of rotatable bonds is 6. The largest absolute Gasteiger partial charge is 0.494 e. The Labute approximate surface area is 123 Å². The van der Waals surface area contributed by atoms with E-state index in [1.54, 1.807) is 0 Å². The minimum absolute atomic E-state index is 0.0360. The van der Waals surface area contributed by atoms with Crippen molar-refractivity contribution in [2.24, 2.45) is 11.0 Å². The summed E-state index contributed by atoms with van der Waals surface area (Å²) < 4.78 is 5.62. The number of hydrogen-bond donors (Lipinski definition) is 1. The van der Waals surface area contributed by atoms with E-state index in [1.165, 1.54) is 6.21 Å². The maximum absolute atomic E-state index is 11.3. The minimum Gasteiger partial charge on any atom is -0.494 e. The van der Waals surface area contributed by atoms with Gasteiger partial charge in [0.25, 0.3) is 0 Å². The van der Waals surface area contributed by atoms with Crippen LogP contribution in [0.15, 0.2) is 29.4 Å². The molecule has 6 heteroatoms. The van der Waals surface area contributed by atoms with Crippen molar-refractivity contribution in [3.05, 3.63) is 29.8 Å². The van der Waals surface area contributed by atoms with E-state index in [-0.39, 0.29) is 12.5 Å². The lowest BCUT2D eigenvalue weighted by Crippen LogP contribution is -2.24. The van der Waals surface area contributed by atoms with Crippen molar-refractivity contribution < 1.29 is 14.3 Å². The predicted molar refractivity (Wildman–Crippen MR) is 79.2 cm³/mol. The molecule has 1 N–H and O–H groups in total. The monoisotopic (exact) mass is 289 g/mol. The van der Waals surface area contributed by atoms with E-state index in [0.29, 0.717) is 12.5 Å². The van der Waals surface area contributed by atoms with Crippen molar-refractivity contribution in [3.8, 4) is 5.75 Å². The van der Waals surface area contributed by atoms with Crippen LogP contribution in [0.5, 0.6) is 5.75 Å². The number of hydrazone groups is 1. The van der Waals surface area contributed by atoms with Crippen LogP contribution < -0.4 is 10.1 Å².